The van der Waals surface area contributed by atoms with Crippen LogP contribution in [0.2, 0.25) is 0 Å². The lowest BCUT2D eigenvalue weighted by Crippen LogP contribution is -2.16. The van der Waals surface area contributed by atoms with Crippen molar-refractivity contribution in [2.75, 3.05) is 18.2 Å². The number of carbonyl (C=O) groups is 1. The van der Waals surface area contributed by atoms with Crippen LogP contribution in [-0.4, -0.2) is 33.5 Å². The number of carbonyl (C=O) groups excluding carboxylic acids is 1. The number of para-hydroxylation sites is 1. The van der Waals surface area contributed by atoms with Crippen LogP contribution in [0.5, 0.6) is 11.5 Å². The molecule has 0 aliphatic carbocycles. The predicted molar refractivity (Wildman–Crippen MR) is 123 cm³/mol. The summed E-state index contributed by atoms with van der Waals surface area (Å²) in [6.07, 6.45) is 0.557. The molecule has 164 valence electrons. The fourth-order valence-electron chi connectivity index (χ4n) is 3.20. The van der Waals surface area contributed by atoms with E-state index in [2.05, 4.69) is 22.4 Å². The molecule has 1 amide bonds. The first kappa shape index (κ1) is 22.7. The molecule has 0 saturated carbocycles. The van der Waals surface area contributed by atoms with Gasteiger partial charge in [0, 0.05) is 18.3 Å². The number of nitrogens with one attached hydrogen (secondary N) is 1. The van der Waals surface area contributed by atoms with Gasteiger partial charge >= 0.3 is 0 Å². The summed E-state index contributed by atoms with van der Waals surface area (Å²) in [6, 6.07) is 15.3. The first-order valence-corrected chi connectivity index (χ1v) is 11.3. The Morgan fingerprint density at radius 3 is 2.65 bits per heavy atom. The largest absolute Gasteiger partial charge is 0.497 e. The van der Waals surface area contributed by atoms with Gasteiger partial charge in [-0.3, -0.25) is 4.79 Å². The Labute approximate surface area is 187 Å². The monoisotopic (exact) mass is 440 g/mol. The molecular weight excluding hydrogens is 412 g/mol. The minimum absolute atomic E-state index is 0.0706. The van der Waals surface area contributed by atoms with Crippen molar-refractivity contribution in [1.29, 1.82) is 0 Å². The lowest BCUT2D eigenvalue weighted by molar-refractivity contribution is -0.113. The number of anilines is 1. The van der Waals surface area contributed by atoms with Gasteiger partial charge in [-0.05, 0) is 44.0 Å². The van der Waals surface area contributed by atoms with Gasteiger partial charge in [-0.15, -0.1) is 10.2 Å². The van der Waals surface area contributed by atoms with Crippen molar-refractivity contribution in [3.63, 3.8) is 0 Å². The van der Waals surface area contributed by atoms with E-state index >= 15 is 0 Å². The number of amides is 1. The summed E-state index contributed by atoms with van der Waals surface area (Å²) in [5.74, 6) is 2.32. The fraction of sp³-hybridized carbons (Fsp3) is 0.348. The van der Waals surface area contributed by atoms with Gasteiger partial charge in [-0.1, -0.05) is 43.0 Å². The highest BCUT2D eigenvalue weighted by atomic mass is 32.2. The van der Waals surface area contributed by atoms with E-state index in [1.807, 2.05) is 66.9 Å². The third-order valence-electron chi connectivity index (χ3n) is 4.78. The third-order valence-corrected chi connectivity index (χ3v) is 5.75. The summed E-state index contributed by atoms with van der Waals surface area (Å²) in [5, 5.41) is 12.3. The summed E-state index contributed by atoms with van der Waals surface area (Å²) < 4.78 is 13.3. The van der Waals surface area contributed by atoms with Gasteiger partial charge in [0.15, 0.2) is 17.1 Å². The Morgan fingerprint density at radius 2 is 1.90 bits per heavy atom. The molecule has 31 heavy (non-hydrogen) atoms. The van der Waals surface area contributed by atoms with Crippen LogP contribution in [-0.2, 0) is 17.8 Å². The van der Waals surface area contributed by atoms with E-state index < -0.39 is 0 Å². The maximum absolute atomic E-state index is 12.5. The van der Waals surface area contributed by atoms with Gasteiger partial charge in [0.1, 0.15) is 11.5 Å². The van der Waals surface area contributed by atoms with E-state index in [0.29, 0.717) is 23.3 Å². The van der Waals surface area contributed by atoms with Crippen LogP contribution in [0.3, 0.4) is 0 Å². The van der Waals surface area contributed by atoms with Crippen LogP contribution in [0.1, 0.15) is 38.3 Å². The van der Waals surface area contributed by atoms with Crippen molar-refractivity contribution in [2.24, 2.45) is 0 Å². The van der Waals surface area contributed by atoms with Crippen LogP contribution in [0, 0.1) is 0 Å². The molecule has 0 aliphatic heterocycles. The Bertz CT molecular complexity index is 1020. The third kappa shape index (κ3) is 5.79. The molecule has 1 aromatic heterocycles. The number of nitrogens with zero attached hydrogens (tertiary/aromatic N) is 3. The average Bonchev–Trinajstić information content (AvgIpc) is 3.21. The van der Waals surface area contributed by atoms with E-state index in [9.17, 15) is 4.79 Å². The second-order valence-corrected chi connectivity index (χ2v) is 7.81. The first-order chi connectivity index (χ1) is 15.0. The Morgan fingerprint density at radius 1 is 1.13 bits per heavy atom. The van der Waals surface area contributed by atoms with Gasteiger partial charge in [0.2, 0.25) is 5.91 Å². The number of hydrogen-bond acceptors (Lipinski definition) is 6. The van der Waals surface area contributed by atoms with Crippen LogP contribution in [0.4, 0.5) is 5.69 Å². The molecule has 0 radical (unpaired) electrons. The van der Waals surface area contributed by atoms with Gasteiger partial charge < -0.3 is 19.4 Å². The molecule has 3 rings (SSSR count). The highest BCUT2D eigenvalue weighted by Gasteiger charge is 2.20. The molecule has 1 atom stereocenters. The number of thioether (sulfide) groups is 1. The Kier molecular flexibility index (Phi) is 7.94. The van der Waals surface area contributed by atoms with Crippen molar-refractivity contribution in [1.82, 2.24) is 14.8 Å². The molecule has 3 aromatic rings. The highest BCUT2D eigenvalue weighted by Crippen LogP contribution is 2.27. The van der Waals surface area contributed by atoms with E-state index in [0.717, 1.165) is 23.4 Å². The maximum atomic E-state index is 12.5. The molecule has 8 heteroatoms. The lowest BCUT2D eigenvalue weighted by Gasteiger charge is -2.16. The molecule has 7 nitrogen and oxygen atoms in total. The Hall–Kier alpha value is -3.00. The van der Waals surface area contributed by atoms with Gasteiger partial charge in [0.05, 0.1) is 12.9 Å². The summed E-state index contributed by atoms with van der Waals surface area (Å²) in [6.45, 7) is 6.70. The zero-order valence-corrected chi connectivity index (χ0v) is 19.1. The van der Waals surface area contributed by atoms with Crippen molar-refractivity contribution in [3.8, 4) is 11.5 Å². The number of methoxy groups -OCH3 is 1. The summed E-state index contributed by atoms with van der Waals surface area (Å²) in [7, 11) is 1.62. The molecule has 0 spiro atoms. The second-order valence-electron chi connectivity index (χ2n) is 6.87. The molecule has 1 unspecified atom stereocenters. The topological polar surface area (TPSA) is 78.3 Å². The van der Waals surface area contributed by atoms with Crippen molar-refractivity contribution >= 4 is 23.4 Å². The highest BCUT2D eigenvalue weighted by molar-refractivity contribution is 7.99. The minimum atomic E-state index is -0.306. The number of aryl methyl sites for hydroxylation is 1. The smallest absolute Gasteiger partial charge is 0.234 e. The SMILES string of the molecule is CCc1ccccc1NC(=O)CSc1nnc(C(C)Oc2cccc(OC)c2)n1CC. The summed E-state index contributed by atoms with van der Waals surface area (Å²) >= 11 is 1.36. The Balaban J connectivity index is 1.64. The molecular formula is C23H28N4O3S. The number of ether oxygens (including phenoxy) is 2. The zero-order valence-electron chi connectivity index (χ0n) is 18.3. The molecule has 0 aliphatic rings. The molecule has 2 aromatic carbocycles. The van der Waals surface area contributed by atoms with Crippen LogP contribution >= 0.6 is 11.8 Å². The normalized spacial score (nSPS) is 11.7. The van der Waals surface area contributed by atoms with Gasteiger partial charge in [0.25, 0.3) is 0 Å². The molecule has 0 fully saturated rings. The quantitative estimate of drug-likeness (QED) is 0.459. The molecule has 0 bridgehead atoms. The van der Waals surface area contributed by atoms with Crippen molar-refractivity contribution in [3.05, 3.63) is 59.9 Å². The average molecular weight is 441 g/mol. The van der Waals surface area contributed by atoms with E-state index in [4.69, 9.17) is 9.47 Å². The van der Waals surface area contributed by atoms with Crippen LogP contribution in [0.15, 0.2) is 53.7 Å². The number of hydrogen-bond donors (Lipinski definition) is 1. The number of aromatic nitrogens is 3. The molecule has 1 heterocycles. The van der Waals surface area contributed by atoms with E-state index in [1.54, 1.807) is 7.11 Å². The summed E-state index contributed by atoms with van der Waals surface area (Å²) in [4.78, 5) is 12.5. The number of rotatable bonds is 10. The molecule has 1 N–H and O–H groups in total. The maximum Gasteiger partial charge on any atom is 0.234 e. The van der Waals surface area contributed by atoms with Crippen LogP contribution < -0.4 is 14.8 Å². The fourth-order valence-corrected chi connectivity index (χ4v) is 4.01. The molecule has 0 saturated heterocycles. The number of benzene rings is 2. The second kappa shape index (κ2) is 10.9. The predicted octanol–water partition coefficient (Wildman–Crippen LogP) is 4.74. The van der Waals surface area contributed by atoms with Gasteiger partial charge in [-0.2, -0.15) is 0 Å². The van der Waals surface area contributed by atoms with Gasteiger partial charge in [-0.25, -0.2) is 0 Å². The first-order valence-electron chi connectivity index (χ1n) is 10.3. The standard InChI is InChI=1S/C23H28N4O3S/c1-5-17-10-7-8-13-20(17)24-21(28)15-31-23-26-25-22(27(23)6-2)16(3)30-19-12-9-11-18(14-19)29-4/h7-14,16H,5-6,15H2,1-4H3,(H,24,28). The lowest BCUT2D eigenvalue weighted by atomic mass is 10.1. The van der Waals surface area contributed by atoms with Crippen molar-refractivity contribution < 1.29 is 14.3 Å². The van der Waals surface area contributed by atoms with Crippen LogP contribution in [0.25, 0.3) is 0 Å². The van der Waals surface area contributed by atoms with E-state index in [1.165, 1.54) is 11.8 Å². The van der Waals surface area contributed by atoms with E-state index in [-0.39, 0.29) is 17.8 Å². The van der Waals surface area contributed by atoms with Crippen molar-refractivity contribution in [2.45, 2.75) is 45.0 Å². The zero-order chi connectivity index (χ0) is 22.2. The summed E-state index contributed by atoms with van der Waals surface area (Å²) in [5.41, 5.74) is 1.97. The minimum Gasteiger partial charge on any atom is -0.497 e.